The SMILES string of the molecule is CC(C)C=O.CNc1nc2c(ncn2C2OC(CO)C(O)C2O)c(=O)[nH]1. The third kappa shape index (κ3) is 3.90. The maximum Gasteiger partial charge on any atom is 0.280 e. The second-order valence-corrected chi connectivity index (χ2v) is 6.10. The van der Waals surface area contributed by atoms with Gasteiger partial charge in [0.25, 0.3) is 5.56 Å². The number of carbonyl (C=O) groups excluding carboxylic acids is 1. The van der Waals surface area contributed by atoms with Crippen LogP contribution in [0.25, 0.3) is 11.2 Å². The highest BCUT2D eigenvalue weighted by molar-refractivity contribution is 5.70. The summed E-state index contributed by atoms with van der Waals surface area (Å²) in [5.41, 5.74) is -0.139. The van der Waals surface area contributed by atoms with Crippen molar-refractivity contribution >= 4 is 23.4 Å². The summed E-state index contributed by atoms with van der Waals surface area (Å²) >= 11 is 0. The van der Waals surface area contributed by atoms with Crippen molar-refractivity contribution in [1.29, 1.82) is 0 Å². The van der Waals surface area contributed by atoms with Crippen molar-refractivity contribution in [2.75, 3.05) is 19.0 Å². The van der Waals surface area contributed by atoms with E-state index in [2.05, 4.69) is 20.3 Å². The van der Waals surface area contributed by atoms with Gasteiger partial charge in [-0.25, -0.2) is 4.98 Å². The molecule has 2 aromatic rings. The Kier molecular flexibility index (Phi) is 6.42. The first-order valence-electron chi connectivity index (χ1n) is 8.06. The number of aliphatic hydroxyl groups excluding tert-OH is 3. The zero-order chi connectivity index (χ0) is 19.4. The molecule has 0 bridgehead atoms. The molecule has 3 rings (SSSR count). The van der Waals surface area contributed by atoms with Gasteiger partial charge in [-0.3, -0.25) is 14.3 Å². The van der Waals surface area contributed by atoms with E-state index >= 15 is 0 Å². The van der Waals surface area contributed by atoms with E-state index in [9.17, 15) is 19.8 Å². The number of imidazole rings is 1. The summed E-state index contributed by atoms with van der Waals surface area (Å²) in [6.07, 6.45) is -2.18. The lowest BCUT2D eigenvalue weighted by molar-refractivity contribution is -0.110. The molecule has 26 heavy (non-hydrogen) atoms. The maximum absolute atomic E-state index is 11.8. The molecule has 11 heteroatoms. The molecule has 3 heterocycles. The molecule has 2 aromatic heterocycles. The summed E-state index contributed by atoms with van der Waals surface area (Å²) in [5.74, 6) is 0.441. The van der Waals surface area contributed by atoms with E-state index in [0.29, 0.717) is 0 Å². The molecule has 0 radical (unpaired) electrons. The highest BCUT2D eigenvalue weighted by Gasteiger charge is 2.44. The fourth-order valence-electron chi connectivity index (χ4n) is 2.34. The Morgan fingerprint density at radius 1 is 1.42 bits per heavy atom. The Labute approximate surface area is 148 Å². The van der Waals surface area contributed by atoms with Gasteiger partial charge in [-0.15, -0.1) is 0 Å². The van der Waals surface area contributed by atoms with Crippen LogP contribution in [-0.2, 0) is 9.53 Å². The average Bonchev–Trinajstić information content (AvgIpc) is 3.17. The van der Waals surface area contributed by atoms with Crippen LogP contribution in [0, 0.1) is 5.92 Å². The normalized spacial score (nSPS) is 25.2. The van der Waals surface area contributed by atoms with Gasteiger partial charge in [-0.1, -0.05) is 13.8 Å². The van der Waals surface area contributed by atoms with Crippen LogP contribution in [0.3, 0.4) is 0 Å². The summed E-state index contributed by atoms with van der Waals surface area (Å²) < 4.78 is 6.76. The van der Waals surface area contributed by atoms with E-state index < -0.39 is 36.7 Å². The lowest BCUT2D eigenvalue weighted by atomic mass is 10.1. The number of H-pyrrole nitrogens is 1. The van der Waals surface area contributed by atoms with E-state index in [4.69, 9.17) is 9.84 Å². The molecular weight excluding hydrogens is 346 g/mol. The molecule has 5 N–H and O–H groups in total. The third-order valence-electron chi connectivity index (χ3n) is 3.73. The second-order valence-electron chi connectivity index (χ2n) is 6.10. The minimum absolute atomic E-state index is 0.0896. The summed E-state index contributed by atoms with van der Waals surface area (Å²) in [6, 6.07) is 0. The molecule has 144 valence electrons. The van der Waals surface area contributed by atoms with Gasteiger partial charge in [0.15, 0.2) is 17.4 Å². The third-order valence-corrected chi connectivity index (χ3v) is 3.73. The van der Waals surface area contributed by atoms with Crippen molar-refractivity contribution in [2.45, 2.75) is 38.4 Å². The largest absolute Gasteiger partial charge is 0.394 e. The average molecular weight is 369 g/mol. The highest BCUT2D eigenvalue weighted by Crippen LogP contribution is 2.30. The van der Waals surface area contributed by atoms with Gasteiger partial charge in [-0.2, -0.15) is 4.98 Å². The number of ether oxygens (including phenoxy) is 1. The molecule has 0 aliphatic carbocycles. The smallest absolute Gasteiger partial charge is 0.280 e. The highest BCUT2D eigenvalue weighted by atomic mass is 16.6. The molecular formula is C15H23N5O6. The number of fused-ring (bicyclic) bond motifs is 1. The first kappa shape index (κ1) is 20.0. The molecule has 0 saturated carbocycles. The van der Waals surface area contributed by atoms with Crippen molar-refractivity contribution in [2.24, 2.45) is 5.92 Å². The van der Waals surface area contributed by atoms with E-state index in [1.54, 1.807) is 7.05 Å². The Morgan fingerprint density at radius 2 is 2.08 bits per heavy atom. The van der Waals surface area contributed by atoms with Crippen LogP contribution in [0.2, 0.25) is 0 Å². The van der Waals surface area contributed by atoms with Crippen LogP contribution < -0.4 is 10.9 Å². The molecule has 1 aliphatic heterocycles. The Balaban J connectivity index is 0.000000431. The fraction of sp³-hybridized carbons (Fsp3) is 0.600. The fourth-order valence-corrected chi connectivity index (χ4v) is 2.34. The minimum Gasteiger partial charge on any atom is -0.394 e. The predicted octanol–water partition coefficient (Wildman–Crippen LogP) is -1.39. The van der Waals surface area contributed by atoms with Gasteiger partial charge >= 0.3 is 0 Å². The number of nitrogens with zero attached hydrogens (tertiary/aromatic N) is 3. The summed E-state index contributed by atoms with van der Waals surface area (Å²) in [5, 5.41) is 31.6. The number of rotatable bonds is 4. The van der Waals surface area contributed by atoms with Crippen LogP contribution >= 0.6 is 0 Å². The van der Waals surface area contributed by atoms with Gasteiger partial charge in [0.2, 0.25) is 5.95 Å². The van der Waals surface area contributed by atoms with Gasteiger partial charge in [0.05, 0.1) is 12.9 Å². The molecule has 1 saturated heterocycles. The van der Waals surface area contributed by atoms with Crippen LogP contribution in [0.5, 0.6) is 0 Å². The molecule has 4 atom stereocenters. The number of aromatic nitrogens is 4. The molecule has 1 aliphatic rings. The molecule has 0 amide bonds. The summed E-state index contributed by atoms with van der Waals surface area (Å²) in [4.78, 5) is 32.0. The Morgan fingerprint density at radius 3 is 2.58 bits per heavy atom. The monoisotopic (exact) mass is 369 g/mol. The first-order valence-corrected chi connectivity index (χ1v) is 8.06. The van der Waals surface area contributed by atoms with Crippen molar-refractivity contribution in [3.05, 3.63) is 16.7 Å². The molecule has 0 aromatic carbocycles. The van der Waals surface area contributed by atoms with Crippen molar-refractivity contribution in [3.63, 3.8) is 0 Å². The number of carbonyl (C=O) groups is 1. The number of aromatic amines is 1. The number of anilines is 1. The Hall–Kier alpha value is -2.34. The van der Waals surface area contributed by atoms with E-state index in [1.165, 1.54) is 10.9 Å². The van der Waals surface area contributed by atoms with Crippen LogP contribution in [0.1, 0.15) is 20.1 Å². The summed E-state index contributed by atoms with van der Waals surface area (Å²) in [6.45, 7) is 3.27. The number of nitrogens with one attached hydrogen (secondary N) is 2. The Bertz CT molecular complexity index is 803. The van der Waals surface area contributed by atoms with Crippen molar-refractivity contribution < 1.29 is 24.9 Å². The van der Waals surface area contributed by atoms with Crippen LogP contribution in [-0.4, -0.2) is 73.1 Å². The topological polar surface area (TPSA) is 163 Å². The maximum atomic E-state index is 11.8. The zero-order valence-corrected chi connectivity index (χ0v) is 14.7. The quantitative estimate of drug-likeness (QED) is 0.408. The van der Waals surface area contributed by atoms with Gasteiger partial charge < -0.3 is 30.2 Å². The number of hydrogen-bond acceptors (Lipinski definition) is 9. The molecule has 4 unspecified atom stereocenters. The zero-order valence-electron chi connectivity index (χ0n) is 14.7. The first-order chi connectivity index (χ1) is 12.3. The van der Waals surface area contributed by atoms with E-state index in [1.807, 2.05) is 13.8 Å². The van der Waals surface area contributed by atoms with Gasteiger partial charge in [0, 0.05) is 13.0 Å². The molecule has 11 nitrogen and oxygen atoms in total. The molecule has 1 fully saturated rings. The van der Waals surface area contributed by atoms with Crippen LogP contribution in [0.15, 0.2) is 11.1 Å². The lowest BCUT2D eigenvalue weighted by Gasteiger charge is -2.16. The lowest BCUT2D eigenvalue weighted by Crippen LogP contribution is -2.33. The van der Waals surface area contributed by atoms with Gasteiger partial charge in [0.1, 0.15) is 24.6 Å². The van der Waals surface area contributed by atoms with Crippen molar-refractivity contribution in [3.8, 4) is 0 Å². The number of aliphatic hydroxyl groups is 3. The van der Waals surface area contributed by atoms with Gasteiger partial charge in [-0.05, 0) is 0 Å². The minimum atomic E-state index is -1.27. The van der Waals surface area contributed by atoms with Crippen molar-refractivity contribution in [1.82, 2.24) is 19.5 Å². The second kappa shape index (κ2) is 8.36. The molecule has 0 spiro atoms. The predicted molar refractivity (Wildman–Crippen MR) is 91.6 cm³/mol. The van der Waals surface area contributed by atoms with E-state index in [-0.39, 0.29) is 23.0 Å². The number of aldehydes is 1. The van der Waals surface area contributed by atoms with E-state index in [0.717, 1.165) is 6.29 Å². The standard InChI is InChI=1S/C11H15N5O5.C4H8O/c1-12-11-14-8-5(9(20)15-11)13-3-16(8)10-7(19)6(18)4(2-17)21-10;1-4(2)3-5/h3-4,6-7,10,17-19H,2H2,1H3,(H2,12,14,15,20);3-4H,1-2H3. The number of hydrogen-bond donors (Lipinski definition) is 5. The van der Waals surface area contributed by atoms with Crippen LogP contribution in [0.4, 0.5) is 5.95 Å². The summed E-state index contributed by atoms with van der Waals surface area (Å²) in [7, 11) is 1.59.